The van der Waals surface area contributed by atoms with Crippen LogP contribution in [0.4, 0.5) is 0 Å². The van der Waals surface area contributed by atoms with Crippen molar-refractivity contribution >= 4 is 27.5 Å². The zero-order valence-corrected chi connectivity index (χ0v) is 16.2. The molecule has 8 heteroatoms. The summed E-state index contributed by atoms with van der Waals surface area (Å²) in [7, 11) is 1.88. The van der Waals surface area contributed by atoms with Crippen molar-refractivity contribution in [2.45, 2.75) is 33.1 Å². The molecule has 2 N–H and O–H groups in total. The van der Waals surface area contributed by atoms with Crippen LogP contribution in [0.5, 0.6) is 0 Å². The van der Waals surface area contributed by atoms with Gasteiger partial charge in [-0.2, -0.15) is 0 Å². The predicted octanol–water partition coefficient (Wildman–Crippen LogP) is 2.17. The Kier molecular flexibility index (Phi) is 4.53. The van der Waals surface area contributed by atoms with Crippen LogP contribution in [-0.4, -0.2) is 20.4 Å². The zero-order chi connectivity index (χ0) is 19.1. The van der Waals surface area contributed by atoms with Crippen molar-refractivity contribution in [1.29, 1.82) is 0 Å². The van der Waals surface area contributed by atoms with E-state index < -0.39 is 11.5 Å². The van der Waals surface area contributed by atoms with E-state index in [1.807, 2.05) is 56.7 Å². The molecule has 0 fully saturated rings. The number of hydrogen-bond donors (Lipinski definition) is 2. The zero-order valence-electron chi connectivity index (χ0n) is 15.4. The molecule has 0 radical (unpaired) electrons. The maximum atomic E-state index is 12.5. The van der Waals surface area contributed by atoms with Gasteiger partial charge in [-0.25, -0.2) is 10.4 Å². The van der Waals surface area contributed by atoms with Crippen molar-refractivity contribution < 1.29 is 4.79 Å². The van der Waals surface area contributed by atoms with Gasteiger partial charge in [0.05, 0.1) is 15.9 Å². The molecule has 136 valence electrons. The number of carbonyl (C=O) groups excluding carboxylic acids is 1. The largest absolute Gasteiger partial charge is 0.318 e. The first-order valence-electron chi connectivity index (χ1n) is 8.18. The molecule has 0 saturated carbocycles. The summed E-state index contributed by atoms with van der Waals surface area (Å²) in [6, 6.07) is 7.87. The van der Waals surface area contributed by atoms with Crippen molar-refractivity contribution in [1.82, 2.24) is 20.0 Å². The van der Waals surface area contributed by atoms with Crippen LogP contribution in [0.1, 0.15) is 42.6 Å². The van der Waals surface area contributed by atoms with Gasteiger partial charge < -0.3 is 9.55 Å². The monoisotopic (exact) mass is 371 g/mol. The minimum atomic E-state index is -0.575. The topological polar surface area (TPSA) is 92.1 Å². The molecule has 2 heterocycles. The highest BCUT2D eigenvalue weighted by molar-refractivity contribution is 7.16. The molecular formula is C18H21N5O2S. The Morgan fingerprint density at radius 2 is 2.00 bits per heavy atom. The molecule has 0 unspecified atom stereocenters. The van der Waals surface area contributed by atoms with Crippen LogP contribution in [0.3, 0.4) is 0 Å². The van der Waals surface area contributed by atoms with E-state index >= 15 is 0 Å². The van der Waals surface area contributed by atoms with Crippen LogP contribution in [0.25, 0.3) is 10.2 Å². The lowest BCUT2D eigenvalue weighted by Gasteiger charge is -2.18. The molecule has 3 aromatic rings. The normalized spacial score (nSPS) is 12.6. The van der Waals surface area contributed by atoms with E-state index in [4.69, 9.17) is 0 Å². The average Bonchev–Trinajstić information content (AvgIpc) is 2.88. The quantitative estimate of drug-likeness (QED) is 0.676. The van der Waals surface area contributed by atoms with Crippen molar-refractivity contribution in [3.05, 3.63) is 56.5 Å². The van der Waals surface area contributed by atoms with Crippen molar-refractivity contribution in [2.75, 3.05) is 0 Å². The first-order valence-corrected chi connectivity index (χ1v) is 9.00. The average molecular weight is 371 g/mol. The maximum Gasteiger partial charge on any atom is 0.278 e. The molecule has 3 rings (SSSR count). The molecule has 0 saturated heterocycles. The Morgan fingerprint density at radius 3 is 2.62 bits per heavy atom. The van der Waals surface area contributed by atoms with E-state index in [1.165, 1.54) is 11.3 Å². The predicted molar refractivity (Wildman–Crippen MR) is 102 cm³/mol. The van der Waals surface area contributed by atoms with Gasteiger partial charge >= 0.3 is 0 Å². The summed E-state index contributed by atoms with van der Waals surface area (Å²) in [6.45, 7) is 7.49. The fraction of sp³-hybridized carbons (Fsp3) is 0.333. The number of rotatable bonds is 2. The number of para-hydroxylation sites is 1. The van der Waals surface area contributed by atoms with Crippen LogP contribution in [-0.2, 0) is 12.5 Å². The fourth-order valence-electron chi connectivity index (χ4n) is 2.55. The summed E-state index contributed by atoms with van der Waals surface area (Å²) >= 11 is 1.46. The maximum absolute atomic E-state index is 12.5. The first kappa shape index (κ1) is 18.1. The van der Waals surface area contributed by atoms with Crippen molar-refractivity contribution in [2.24, 2.45) is 12.1 Å². The van der Waals surface area contributed by atoms with E-state index in [1.54, 1.807) is 6.92 Å². The smallest absolute Gasteiger partial charge is 0.278 e. The van der Waals surface area contributed by atoms with E-state index in [0.29, 0.717) is 16.3 Å². The minimum absolute atomic E-state index is 0.0227. The summed E-state index contributed by atoms with van der Waals surface area (Å²) in [6.07, 6.45) is 0. The van der Waals surface area contributed by atoms with Gasteiger partial charge in [-0.15, -0.1) is 5.10 Å². The van der Waals surface area contributed by atoms with Gasteiger partial charge in [-0.05, 0) is 19.1 Å². The molecule has 0 bridgehead atoms. The Morgan fingerprint density at radius 1 is 1.31 bits per heavy atom. The van der Waals surface area contributed by atoms with Crippen LogP contribution in [0, 0.1) is 6.92 Å². The lowest BCUT2D eigenvalue weighted by atomic mass is 9.95. The molecular weight excluding hydrogens is 350 g/mol. The summed E-state index contributed by atoms with van der Waals surface area (Å²) in [4.78, 5) is 32.5. The fourth-order valence-corrected chi connectivity index (χ4v) is 3.53. The van der Waals surface area contributed by atoms with Crippen LogP contribution < -0.4 is 15.8 Å². The van der Waals surface area contributed by atoms with Crippen LogP contribution in [0.15, 0.2) is 34.2 Å². The van der Waals surface area contributed by atoms with Gasteiger partial charge in [0.15, 0.2) is 0 Å². The number of aromatic nitrogens is 3. The van der Waals surface area contributed by atoms with E-state index in [9.17, 15) is 9.59 Å². The second-order valence-corrected chi connectivity index (χ2v) is 8.10. The number of aryl methyl sites for hydroxylation is 2. The molecule has 0 aliphatic heterocycles. The molecule has 0 aliphatic rings. The molecule has 0 spiro atoms. The van der Waals surface area contributed by atoms with Crippen LogP contribution in [0.2, 0.25) is 0 Å². The number of thiazole rings is 1. The number of benzene rings is 1. The standard InChI is InChI=1S/C18H21N5O2S/c1-10-13(14(24)20-16(19-10)18(2,3)4)15(25)21-22-17-23(5)11-8-6-7-9-12(11)26-17/h6-9H,1-5H3,(H,21,25)(H,19,20,24)/b22-17+. The Balaban J connectivity index is 1.95. The summed E-state index contributed by atoms with van der Waals surface area (Å²) < 4.78 is 2.95. The second-order valence-electron chi connectivity index (χ2n) is 7.09. The third-order valence-corrected chi connectivity index (χ3v) is 5.12. The SMILES string of the molecule is Cc1nc(C(C)(C)C)[nH]c(=O)c1C(=O)N/N=c1/sc2ccccc2n1C. The number of carbonyl (C=O) groups is 1. The number of nitrogens with one attached hydrogen (secondary N) is 2. The van der Waals surface area contributed by atoms with Crippen molar-refractivity contribution in [3.63, 3.8) is 0 Å². The number of nitrogens with zero attached hydrogens (tertiary/aromatic N) is 3. The Bertz CT molecular complexity index is 1120. The highest BCUT2D eigenvalue weighted by Crippen LogP contribution is 2.17. The Hall–Kier alpha value is -2.74. The van der Waals surface area contributed by atoms with E-state index in [0.717, 1.165) is 10.2 Å². The van der Waals surface area contributed by atoms with Gasteiger partial charge in [0, 0.05) is 12.5 Å². The van der Waals surface area contributed by atoms with E-state index in [2.05, 4.69) is 20.5 Å². The molecule has 2 aromatic heterocycles. The first-order chi connectivity index (χ1) is 12.2. The Labute approximate surface area is 154 Å². The van der Waals surface area contributed by atoms with Gasteiger partial charge in [-0.1, -0.05) is 44.2 Å². The second kappa shape index (κ2) is 6.53. The van der Waals surface area contributed by atoms with Gasteiger partial charge in [0.2, 0.25) is 4.80 Å². The summed E-state index contributed by atoms with van der Waals surface area (Å²) in [5.74, 6) is -0.0291. The molecule has 0 atom stereocenters. The third-order valence-electron chi connectivity index (χ3n) is 4.01. The lowest BCUT2D eigenvalue weighted by Crippen LogP contribution is -2.33. The number of fused-ring (bicyclic) bond motifs is 1. The summed E-state index contributed by atoms with van der Waals surface area (Å²) in [5.41, 5.74) is 3.08. The molecule has 26 heavy (non-hydrogen) atoms. The number of amides is 1. The van der Waals surface area contributed by atoms with Gasteiger partial charge in [-0.3, -0.25) is 9.59 Å². The third kappa shape index (κ3) is 3.32. The lowest BCUT2D eigenvalue weighted by molar-refractivity contribution is 0.0950. The van der Waals surface area contributed by atoms with Gasteiger partial charge in [0.25, 0.3) is 11.5 Å². The molecule has 1 amide bonds. The molecule has 7 nitrogen and oxygen atoms in total. The van der Waals surface area contributed by atoms with Crippen molar-refractivity contribution in [3.8, 4) is 0 Å². The van der Waals surface area contributed by atoms with E-state index in [-0.39, 0.29) is 11.0 Å². The highest BCUT2D eigenvalue weighted by atomic mass is 32.1. The van der Waals surface area contributed by atoms with Gasteiger partial charge in [0.1, 0.15) is 11.4 Å². The molecule has 1 aromatic carbocycles. The highest BCUT2D eigenvalue weighted by Gasteiger charge is 2.22. The number of hydrogen-bond acceptors (Lipinski definition) is 5. The molecule has 0 aliphatic carbocycles. The van der Waals surface area contributed by atoms with Crippen LogP contribution >= 0.6 is 11.3 Å². The number of aromatic amines is 1. The summed E-state index contributed by atoms with van der Waals surface area (Å²) in [5, 5.41) is 4.17. The number of H-pyrrole nitrogens is 1. The minimum Gasteiger partial charge on any atom is -0.318 e.